The maximum Gasteiger partial charge on any atom is 0.0886 e. The van der Waals surface area contributed by atoms with E-state index in [4.69, 9.17) is 9.97 Å². The van der Waals surface area contributed by atoms with Gasteiger partial charge >= 0.3 is 0 Å². The molecule has 0 saturated carbocycles. The number of benzene rings is 4. The molecule has 4 aromatic carbocycles. The predicted octanol–water partition coefficient (Wildman–Crippen LogP) is 10.2. The van der Waals surface area contributed by atoms with Crippen molar-refractivity contribution in [2.45, 2.75) is 12.0 Å². The SMILES string of the molecule is C1=CC2c3ccccc3N(c3cccc(-c4ccc(-c5ccc(-c6cccc(-n7c8ccccc8c8ccncc87)c6)cn5)nc4)c3)C2C=N1. The number of hydrogen-bond acceptors (Lipinski definition) is 5. The van der Waals surface area contributed by atoms with Crippen LogP contribution in [0.2, 0.25) is 0 Å². The van der Waals surface area contributed by atoms with E-state index in [-0.39, 0.29) is 6.04 Å². The van der Waals surface area contributed by atoms with Crippen LogP contribution in [0.25, 0.3) is 61.1 Å². The van der Waals surface area contributed by atoms with E-state index in [1.807, 2.05) is 31.0 Å². The number of aromatic nitrogens is 4. The maximum absolute atomic E-state index is 4.85. The number of pyridine rings is 3. The standard InChI is InChI=1S/C44H30N6/c1-3-13-41-35(11-1)37-19-21-45-27-43(37)49(41)33-9-5-7-29(23-33)31-15-17-39(47-25-31)40-18-16-32(26-48-40)30-8-6-10-34(24-30)50-42-14-4-2-12-36(42)38-20-22-46-28-44(38)50/h1-28,37,43H. The number of aliphatic imine (C=N–C) groups is 1. The minimum Gasteiger partial charge on any atom is -0.332 e. The Morgan fingerprint density at radius 3 is 2.02 bits per heavy atom. The maximum atomic E-state index is 4.85. The fourth-order valence-corrected chi connectivity index (χ4v) is 7.65. The van der Waals surface area contributed by atoms with Crippen molar-refractivity contribution in [3.8, 4) is 39.3 Å². The largest absolute Gasteiger partial charge is 0.332 e. The third kappa shape index (κ3) is 4.57. The van der Waals surface area contributed by atoms with Gasteiger partial charge in [0, 0.05) is 75.9 Å². The molecule has 2 aliphatic heterocycles. The number of fused-ring (bicyclic) bond motifs is 6. The number of rotatable bonds is 5. The lowest BCUT2D eigenvalue weighted by Crippen LogP contribution is -2.32. The number of hydrogen-bond donors (Lipinski definition) is 0. The summed E-state index contributed by atoms with van der Waals surface area (Å²) in [7, 11) is 0. The number of nitrogens with zero attached hydrogens (tertiary/aromatic N) is 6. The molecule has 2 atom stereocenters. The van der Waals surface area contributed by atoms with Gasteiger partial charge in [0.25, 0.3) is 0 Å². The second kappa shape index (κ2) is 11.5. The van der Waals surface area contributed by atoms with Crippen LogP contribution in [0.3, 0.4) is 0 Å². The van der Waals surface area contributed by atoms with Gasteiger partial charge in [-0.05, 0) is 71.3 Å². The Labute approximate surface area is 289 Å². The van der Waals surface area contributed by atoms with Crippen LogP contribution >= 0.6 is 0 Å². The highest BCUT2D eigenvalue weighted by molar-refractivity contribution is 6.09. The fraction of sp³-hybridized carbons (Fsp3) is 0.0455. The zero-order valence-electron chi connectivity index (χ0n) is 27.0. The van der Waals surface area contributed by atoms with Crippen LogP contribution < -0.4 is 4.90 Å². The second-order valence-electron chi connectivity index (χ2n) is 12.8. The Bertz CT molecular complexity index is 2560. The van der Waals surface area contributed by atoms with Crippen molar-refractivity contribution >= 4 is 39.4 Å². The Kier molecular flexibility index (Phi) is 6.52. The summed E-state index contributed by atoms with van der Waals surface area (Å²) >= 11 is 0. The normalized spacial score (nSPS) is 16.2. The minimum atomic E-state index is 0.163. The summed E-state index contributed by atoms with van der Waals surface area (Å²) in [5.41, 5.74) is 13.1. The average molecular weight is 643 g/mol. The van der Waals surface area contributed by atoms with Crippen LogP contribution in [0, 0.1) is 0 Å². The van der Waals surface area contributed by atoms with Crippen LogP contribution in [-0.2, 0) is 0 Å². The highest BCUT2D eigenvalue weighted by atomic mass is 15.2. The summed E-state index contributed by atoms with van der Waals surface area (Å²) < 4.78 is 2.28. The molecule has 0 fully saturated rings. The van der Waals surface area contributed by atoms with Crippen LogP contribution in [0.1, 0.15) is 11.5 Å². The summed E-state index contributed by atoms with van der Waals surface area (Å²) in [4.78, 5) is 21.0. The zero-order chi connectivity index (χ0) is 33.0. The molecule has 0 N–H and O–H groups in total. The van der Waals surface area contributed by atoms with Crippen molar-refractivity contribution in [1.82, 2.24) is 19.5 Å². The smallest absolute Gasteiger partial charge is 0.0886 e. The molecule has 236 valence electrons. The molecule has 2 aliphatic rings. The Morgan fingerprint density at radius 2 is 1.24 bits per heavy atom. The van der Waals surface area contributed by atoms with Crippen molar-refractivity contribution in [1.29, 1.82) is 0 Å². The van der Waals surface area contributed by atoms with Gasteiger partial charge in [-0.15, -0.1) is 0 Å². The Hall–Kier alpha value is -6.66. The lowest BCUT2D eigenvalue weighted by atomic mass is 9.94. The predicted molar refractivity (Wildman–Crippen MR) is 203 cm³/mol. The molecule has 0 spiro atoms. The van der Waals surface area contributed by atoms with Crippen LogP contribution in [0.4, 0.5) is 11.4 Å². The van der Waals surface area contributed by atoms with Crippen LogP contribution in [0.5, 0.6) is 0 Å². The Balaban J connectivity index is 0.924. The van der Waals surface area contributed by atoms with Gasteiger partial charge in [0.15, 0.2) is 0 Å². The van der Waals surface area contributed by atoms with E-state index in [1.165, 1.54) is 22.0 Å². The first kappa shape index (κ1) is 28.4. The van der Waals surface area contributed by atoms with Gasteiger partial charge in [-0.2, -0.15) is 0 Å². The molecule has 0 saturated heterocycles. The fourth-order valence-electron chi connectivity index (χ4n) is 7.65. The zero-order valence-corrected chi connectivity index (χ0v) is 27.0. The van der Waals surface area contributed by atoms with E-state index < -0.39 is 0 Å². The van der Waals surface area contributed by atoms with Gasteiger partial charge in [-0.25, -0.2) is 0 Å². The molecule has 6 nitrogen and oxygen atoms in total. The first-order valence-corrected chi connectivity index (χ1v) is 16.9. The first-order valence-electron chi connectivity index (χ1n) is 16.9. The van der Waals surface area contributed by atoms with Crippen LogP contribution in [-0.4, -0.2) is 31.8 Å². The molecule has 6 heteroatoms. The first-order chi connectivity index (χ1) is 24.8. The molecule has 6 heterocycles. The topological polar surface area (TPSA) is 59.2 Å². The van der Waals surface area contributed by atoms with Crippen molar-refractivity contribution in [3.63, 3.8) is 0 Å². The molecule has 50 heavy (non-hydrogen) atoms. The molecular weight excluding hydrogens is 613 g/mol. The van der Waals surface area contributed by atoms with E-state index in [0.717, 1.165) is 56.0 Å². The molecule has 2 unspecified atom stereocenters. The molecule has 0 aliphatic carbocycles. The summed E-state index contributed by atoms with van der Waals surface area (Å²) in [6.07, 6.45) is 13.9. The summed E-state index contributed by atoms with van der Waals surface area (Å²) in [6, 6.07) is 45.1. The van der Waals surface area contributed by atoms with Gasteiger partial charge in [0.2, 0.25) is 0 Å². The molecule has 0 radical (unpaired) electrons. The third-order valence-corrected chi connectivity index (χ3v) is 10.0. The van der Waals surface area contributed by atoms with E-state index in [1.54, 1.807) is 0 Å². The van der Waals surface area contributed by atoms with E-state index in [2.05, 4.69) is 159 Å². The number of anilines is 2. The molecular formula is C44H30N6. The van der Waals surface area contributed by atoms with E-state index >= 15 is 0 Å². The van der Waals surface area contributed by atoms with Crippen molar-refractivity contribution in [2.24, 2.45) is 4.99 Å². The van der Waals surface area contributed by atoms with Gasteiger partial charge in [0.05, 0.1) is 34.7 Å². The summed E-state index contributed by atoms with van der Waals surface area (Å²) in [5.74, 6) is 0.300. The summed E-state index contributed by atoms with van der Waals surface area (Å²) in [5, 5.41) is 2.41. The highest BCUT2D eigenvalue weighted by Crippen LogP contribution is 2.46. The lowest BCUT2D eigenvalue weighted by molar-refractivity contribution is 0.787. The molecule has 4 aromatic heterocycles. The van der Waals surface area contributed by atoms with Crippen molar-refractivity contribution in [3.05, 3.63) is 170 Å². The lowest BCUT2D eigenvalue weighted by Gasteiger charge is -2.28. The quantitative estimate of drug-likeness (QED) is 0.187. The Morgan fingerprint density at radius 1 is 0.540 bits per heavy atom. The molecule has 10 rings (SSSR count). The number of para-hydroxylation sites is 2. The third-order valence-electron chi connectivity index (χ3n) is 10.0. The van der Waals surface area contributed by atoms with Gasteiger partial charge in [-0.3, -0.25) is 19.9 Å². The molecule has 0 bridgehead atoms. The molecule has 8 aromatic rings. The van der Waals surface area contributed by atoms with Gasteiger partial charge < -0.3 is 9.47 Å². The van der Waals surface area contributed by atoms with Gasteiger partial charge in [-0.1, -0.05) is 78.9 Å². The van der Waals surface area contributed by atoms with E-state index in [0.29, 0.717) is 5.92 Å². The van der Waals surface area contributed by atoms with Crippen molar-refractivity contribution < 1.29 is 0 Å². The van der Waals surface area contributed by atoms with E-state index in [9.17, 15) is 0 Å². The monoisotopic (exact) mass is 642 g/mol. The molecule has 0 amide bonds. The minimum absolute atomic E-state index is 0.163. The highest BCUT2D eigenvalue weighted by Gasteiger charge is 2.37. The van der Waals surface area contributed by atoms with Crippen LogP contribution in [0.15, 0.2) is 169 Å². The van der Waals surface area contributed by atoms with Crippen molar-refractivity contribution in [2.75, 3.05) is 4.90 Å². The van der Waals surface area contributed by atoms with Gasteiger partial charge in [0.1, 0.15) is 0 Å². The summed E-state index contributed by atoms with van der Waals surface area (Å²) in [6.45, 7) is 0. The average Bonchev–Trinajstić information content (AvgIpc) is 3.71. The second-order valence-corrected chi connectivity index (χ2v) is 12.8.